The van der Waals surface area contributed by atoms with Crippen molar-refractivity contribution >= 4 is 26.0 Å². The van der Waals surface area contributed by atoms with E-state index in [2.05, 4.69) is 9.05 Å². The van der Waals surface area contributed by atoms with Crippen molar-refractivity contribution in [2.45, 2.75) is 25.7 Å². The standard InChI is InChI=1S/C7H8O6P/c8-5-2-1-3-6(9)12-14(11)13-7(10)4-5/h1-4H2/q+1. The van der Waals surface area contributed by atoms with Crippen LogP contribution < -0.4 is 0 Å². The first kappa shape index (κ1) is 10.8. The zero-order valence-electron chi connectivity index (χ0n) is 7.23. The fourth-order valence-corrected chi connectivity index (χ4v) is 1.47. The van der Waals surface area contributed by atoms with E-state index in [4.69, 9.17) is 0 Å². The number of carbonyl (C=O) groups excluding carboxylic acids is 3. The Labute approximate surface area is 80.5 Å². The van der Waals surface area contributed by atoms with E-state index in [9.17, 15) is 18.9 Å². The van der Waals surface area contributed by atoms with Crippen molar-refractivity contribution in [3.63, 3.8) is 0 Å². The third kappa shape index (κ3) is 3.62. The second kappa shape index (κ2) is 4.81. The normalized spacial score (nSPS) is 22.6. The number of carbonyl (C=O) groups is 3. The molecule has 14 heavy (non-hydrogen) atoms. The van der Waals surface area contributed by atoms with Crippen molar-refractivity contribution in [1.82, 2.24) is 0 Å². The highest BCUT2D eigenvalue weighted by Crippen LogP contribution is 2.26. The quantitative estimate of drug-likeness (QED) is 0.443. The molecule has 1 heterocycles. The van der Waals surface area contributed by atoms with E-state index in [1.807, 2.05) is 0 Å². The second-order valence-corrected chi connectivity index (χ2v) is 3.53. The van der Waals surface area contributed by atoms with Crippen LogP contribution in [0.15, 0.2) is 0 Å². The maximum absolute atomic E-state index is 11.0. The summed E-state index contributed by atoms with van der Waals surface area (Å²) in [7, 11) is -2.76. The number of hydrogen-bond acceptors (Lipinski definition) is 6. The van der Waals surface area contributed by atoms with Gasteiger partial charge in [0.25, 0.3) is 0 Å². The summed E-state index contributed by atoms with van der Waals surface area (Å²) < 4.78 is 19.2. The minimum absolute atomic E-state index is 0.00433. The van der Waals surface area contributed by atoms with E-state index < -0.39 is 26.6 Å². The van der Waals surface area contributed by atoms with E-state index in [0.717, 1.165) is 0 Å². The third-order valence-corrected chi connectivity index (χ3v) is 2.24. The summed E-state index contributed by atoms with van der Waals surface area (Å²) in [6.45, 7) is 0. The van der Waals surface area contributed by atoms with Gasteiger partial charge in [0, 0.05) is 11.0 Å². The summed E-state index contributed by atoms with van der Waals surface area (Å²) in [4.78, 5) is 32.6. The van der Waals surface area contributed by atoms with Gasteiger partial charge in [-0.3, -0.25) is 4.79 Å². The van der Waals surface area contributed by atoms with Crippen molar-refractivity contribution in [2.75, 3.05) is 0 Å². The minimum atomic E-state index is -2.76. The molecule has 1 rings (SSSR count). The Balaban J connectivity index is 2.62. The Morgan fingerprint density at radius 2 is 1.64 bits per heavy atom. The van der Waals surface area contributed by atoms with Crippen molar-refractivity contribution in [3.8, 4) is 0 Å². The van der Waals surface area contributed by atoms with Crippen LogP contribution in [-0.4, -0.2) is 17.7 Å². The summed E-state index contributed by atoms with van der Waals surface area (Å²) in [5.41, 5.74) is 0. The molecule has 7 heteroatoms. The molecule has 6 nitrogen and oxygen atoms in total. The van der Waals surface area contributed by atoms with Gasteiger partial charge in [-0.15, -0.1) is 0 Å². The van der Waals surface area contributed by atoms with Crippen LogP contribution in [0.2, 0.25) is 0 Å². The fourth-order valence-electron chi connectivity index (χ4n) is 0.942. The molecular weight excluding hydrogens is 211 g/mol. The first-order valence-electron chi connectivity index (χ1n) is 3.98. The van der Waals surface area contributed by atoms with Crippen LogP contribution in [0.4, 0.5) is 0 Å². The van der Waals surface area contributed by atoms with Gasteiger partial charge in [-0.25, -0.2) is 9.59 Å². The number of hydrogen-bond donors (Lipinski definition) is 0. The largest absolute Gasteiger partial charge is 0.811 e. The van der Waals surface area contributed by atoms with Crippen LogP contribution in [0.3, 0.4) is 0 Å². The molecule has 1 saturated heterocycles. The van der Waals surface area contributed by atoms with Crippen LogP contribution >= 0.6 is 8.25 Å². The molecule has 0 aliphatic carbocycles. The number of Topliss-reactive ketones (excluding diaryl/α,β-unsaturated/α-hetero) is 1. The Hall–Kier alpha value is -1.29. The molecule has 1 unspecified atom stereocenters. The third-order valence-electron chi connectivity index (χ3n) is 1.53. The van der Waals surface area contributed by atoms with Gasteiger partial charge in [-0.05, 0) is 6.42 Å². The maximum atomic E-state index is 11.0. The molecule has 0 amide bonds. The molecule has 0 spiro atoms. The van der Waals surface area contributed by atoms with Crippen molar-refractivity contribution in [1.29, 1.82) is 0 Å². The molecule has 0 N–H and O–H groups in total. The molecule has 1 aliphatic rings. The Morgan fingerprint density at radius 3 is 2.36 bits per heavy atom. The average Bonchev–Trinajstić information content (AvgIpc) is 2.01. The Morgan fingerprint density at radius 1 is 1.00 bits per heavy atom. The highest BCUT2D eigenvalue weighted by molar-refractivity contribution is 7.34. The smallest absolute Gasteiger partial charge is 0.299 e. The second-order valence-electron chi connectivity index (χ2n) is 2.72. The summed E-state index contributed by atoms with van der Waals surface area (Å²) in [5.74, 6) is -1.98. The zero-order valence-corrected chi connectivity index (χ0v) is 8.12. The molecule has 1 atom stereocenters. The summed E-state index contributed by atoms with van der Waals surface area (Å²) in [6, 6.07) is 0. The average molecular weight is 219 g/mol. The van der Waals surface area contributed by atoms with Crippen LogP contribution in [0.1, 0.15) is 25.7 Å². The monoisotopic (exact) mass is 219 g/mol. The maximum Gasteiger partial charge on any atom is 0.811 e. The van der Waals surface area contributed by atoms with Gasteiger partial charge in [-0.2, -0.15) is 9.05 Å². The molecule has 76 valence electrons. The molecule has 1 fully saturated rings. The van der Waals surface area contributed by atoms with Gasteiger partial charge in [0.2, 0.25) is 0 Å². The molecule has 0 bridgehead atoms. The molecular formula is C7H8O6P+. The van der Waals surface area contributed by atoms with Gasteiger partial charge in [0.1, 0.15) is 12.2 Å². The van der Waals surface area contributed by atoms with E-state index in [1.54, 1.807) is 0 Å². The summed E-state index contributed by atoms with van der Waals surface area (Å²) in [6.07, 6.45) is 0.0120. The molecule has 1 aliphatic heterocycles. The SMILES string of the molecule is O=C1CCCC(=O)O[P+](=O)OC(=O)C1. The first-order valence-corrected chi connectivity index (χ1v) is 5.08. The minimum Gasteiger partial charge on any atom is -0.299 e. The van der Waals surface area contributed by atoms with Gasteiger partial charge in [0.05, 0.1) is 6.42 Å². The van der Waals surface area contributed by atoms with Gasteiger partial charge in [0.15, 0.2) is 0 Å². The lowest BCUT2D eigenvalue weighted by Gasteiger charge is -1.98. The fraction of sp³-hybridized carbons (Fsp3) is 0.571. The molecule has 0 aromatic rings. The molecule has 0 aromatic carbocycles. The van der Waals surface area contributed by atoms with Crippen molar-refractivity contribution in [3.05, 3.63) is 0 Å². The Bertz CT molecular complexity index is 269. The topological polar surface area (TPSA) is 86.7 Å². The molecule has 0 radical (unpaired) electrons. The lowest BCUT2D eigenvalue weighted by molar-refractivity contribution is -0.140. The first-order chi connectivity index (χ1) is 6.58. The lowest BCUT2D eigenvalue weighted by Crippen LogP contribution is -2.12. The number of rotatable bonds is 0. The van der Waals surface area contributed by atoms with Crippen LogP contribution in [0.5, 0.6) is 0 Å². The molecule has 0 aromatic heterocycles. The van der Waals surface area contributed by atoms with E-state index in [-0.39, 0.29) is 18.6 Å². The predicted octanol–water partition coefficient (Wildman–Crippen LogP) is 0.873. The van der Waals surface area contributed by atoms with E-state index >= 15 is 0 Å². The highest BCUT2D eigenvalue weighted by Gasteiger charge is 2.32. The zero-order chi connectivity index (χ0) is 10.6. The van der Waals surface area contributed by atoms with Crippen LogP contribution in [-0.2, 0) is 28.0 Å². The van der Waals surface area contributed by atoms with E-state index in [0.29, 0.717) is 6.42 Å². The van der Waals surface area contributed by atoms with Crippen LogP contribution in [0.25, 0.3) is 0 Å². The molecule has 0 saturated carbocycles. The lowest BCUT2D eigenvalue weighted by atomic mass is 10.1. The van der Waals surface area contributed by atoms with Crippen molar-refractivity contribution in [2.24, 2.45) is 0 Å². The van der Waals surface area contributed by atoms with Crippen molar-refractivity contribution < 1.29 is 28.0 Å². The van der Waals surface area contributed by atoms with E-state index in [1.165, 1.54) is 0 Å². The van der Waals surface area contributed by atoms with Gasteiger partial charge < -0.3 is 0 Å². The Kier molecular flexibility index (Phi) is 3.71. The predicted molar refractivity (Wildman–Crippen MR) is 43.3 cm³/mol. The summed E-state index contributed by atoms with van der Waals surface area (Å²) >= 11 is 0. The van der Waals surface area contributed by atoms with Gasteiger partial charge >= 0.3 is 20.2 Å². The van der Waals surface area contributed by atoms with Crippen LogP contribution in [0, 0.1) is 0 Å². The highest BCUT2D eigenvalue weighted by atomic mass is 31.1. The van der Waals surface area contributed by atoms with Gasteiger partial charge in [-0.1, -0.05) is 0 Å². The summed E-state index contributed by atoms with van der Waals surface area (Å²) in [5, 5.41) is 0. The number of ketones is 1.